The molecule has 0 saturated carbocycles. The van der Waals surface area contributed by atoms with E-state index in [4.69, 9.17) is 10.5 Å². The molecule has 0 aromatic heterocycles. The summed E-state index contributed by atoms with van der Waals surface area (Å²) in [7, 11) is 0. The Labute approximate surface area is 190 Å². The van der Waals surface area contributed by atoms with E-state index in [2.05, 4.69) is 5.32 Å². The van der Waals surface area contributed by atoms with E-state index >= 15 is 0 Å². The molecule has 0 radical (unpaired) electrons. The van der Waals surface area contributed by atoms with Gasteiger partial charge in [0.25, 0.3) is 0 Å². The number of nitrogens with zero attached hydrogens (tertiary/aromatic N) is 1. The van der Waals surface area contributed by atoms with E-state index in [1.54, 1.807) is 12.1 Å². The van der Waals surface area contributed by atoms with Crippen LogP contribution in [0.25, 0.3) is 0 Å². The highest BCUT2D eigenvalue weighted by Gasteiger charge is 2.64. The van der Waals surface area contributed by atoms with Gasteiger partial charge in [-0.05, 0) is 37.1 Å². The molecular weight excluding hydrogens is 430 g/mol. The number of ether oxygens (including phenoxy) is 1. The topological polar surface area (TPSA) is 122 Å². The molecule has 0 aliphatic carbocycles. The summed E-state index contributed by atoms with van der Waals surface area (Å²) in [5.41, 5.74) is 7.41. The fourth-order valence-corrected chi connectivity index (χ4v) is 5.63. The predicted molar refractivity (Wildman–Crippen MR) is 119 cm³/mol. The van der Waals surface area contributed by atoms with Crippen LogP contribution in [0.1, 0.15) is 31.0 Å². The molecule has 168 valence electrons. The van der Waals surface area contributed by atoms with E-state index in [-0.39, 0.29) is 23.6 Å². The van der Waals surface area contributed by atoms with Crippen LogP contribution in [0.15, 0.2) is 54.6 Å². The number of rotatable bonds is 6. The first-order valence-corrected chi connectivity index (χ1v) is 11.1. The molecule has 2 aromatic rings. The third-order valence-corrected chi connectivity index (χ3v) is 7.29. The zero-order valence-corrected chi connectivity index (χ0v) is 18.5. The van der Waals surface area contributed by atoms with Crippen molar-refractivity contribution in [3.8, 4) is 5.75 Å². The van der Waals surface area contributed by atoms with E-state index in [0.29, 0.717) is 5.56 Å². The van der Waals surface area contributed by atoms with Crippen molar-refractivity contribution in [2.24, 2.45) is 5.73 Å². The first-order chi connectivity index (χ1) is 15.2. The van der Waals surface area contributed by atoms with Gasteiger partial charge in [0.15, 0.2) is 0 Å². The molecule has 2 amide bonds. The summed E-state index contributed by atoms with van der Waals surface area (Å²) in [5.74, 6) is -1.23. The largest absolute Gasteiger partial charge is 0.508 e. The van der Waals surface area contributed by atoms with Gasteiger partial charge in [0.2, 0.25) is 11.8 Å². The average Bonchev–Trinajstić information content (AvgIpc) is 3.04. The zero-order chi connectivity index (χ0) is 23.0. The summed E-state index contributed by atoms with van der Waals surface area (Å²) in [5, 5.41) is 11.7. The van der Waals surface area contributed by atoms with Crippen molar-refractivity contribution in [1.29, 1.82) is 0 Å². The number of hydrogen-bond donors (Lipinski definition) is 3. The van der Waals surface area contributed by atoms with Gasteiger partial charge in [-0.2, -0.15) is 0 Å². The average molecular weight is 456 g/mol. The molecule has 4 rings (SSSR count). The molecular formula is C23H25N3O5S. The Bertz CT molecular complexity index is 1030. The van der Waals surface area contributed by atoms with Crippen LogP contribution in [0.3, 0.4) is 0 Å². The SMILES string of the molecule is CC1(C)S[C@@H]2C(NC(=O)C(N)c3ccc(O)cc3)C(=O)N2[C@H]1C(=O)OCc1ccccc1. The molecule has 8 nitrogen and oxygen atoms in total. The van der Waals surface area contributed by atoms with Crippen LogP contribution in [0.2, 0.25) is 0 Å². The Morgan fingerprint density at radius 2 is 1.84 bits per heavy atom. The lowest BCUT2D eigenvalue weighted by Gasteiger charge is -2.44. The van der Waals surface area contributed by atoms with Crippen LogP contribution in [0.5, 0.6) is 5.75 Å². The second-order valence-electron chi connectivity index (χ2n) is 8.41. The monoisotopic (exact) mass is 455 g/mol. The highest BCUT2D eigenvalue weighted by Crippen LogP contribution is 2.51. The van der Waals surface area contributed by atoms with Gasteiger partial charge in [0, 0.05) is 4.75 Å². The number of phenols is 1. The Morgan fingerprint density at radius 3 is 2.50 bits per heavy atom. The molecule has 4 atom stereocenters. The van der Waals surface area contributed by atoms with Crippen LogP contribution in [0.4, 0.5) is 0 Å². The molecule has 2 aromatic carbocycles. The maximum Gasteiger partial charge on any atom is 0.330 e. The highest BCUT2D eigenvalue weighted by molar-refractivity contribution is 8.01. The predicted octanol–water partition coefficient (Wildman–Crippen LogP) is 1.68. The summed E-state index contributed by atoms with van der Waals surface area (Å²) >= 11 is 1.45. The lowest BCUT2D eigenvalue weighted by Crippen LogP contribution is -2.71. The number of nitrogens with one attached hydrogen (secondary N) is 1. The van der Waals surface area contributed by atoms with Gasteiger partial charge in [0.1, 0.15) is 35.9 Å². The second kappa shape index (κ2) is 8.48. The van der Waals surface area contributed by atoms with Crippen molar-refractivity contribution < 1.29 is 24.2 Å². The third-order valence-electron chi connectivity index (χ3n) is 5.72. The minimum Gasteiger partial charge on any atom is -0.508 e. The maximum absolute atomic E-state index is 12.9. The number of benzene rings is 2. The number of carbonyl (C=O) groups excluding carboxylic acids is 3. The van der Waals surface area contributed by atoms with Gasteiger partial charge < -0.3 is 25.8 Å². The molecule has 2 saturated heterocycles. The minimum absolute atomic E-state index is 0.0703. The van der Waals surface area contributed by atoms with Gasteiger partial charge >= 0.3 is 5.97 Å². The molecule has 9 heteroatoms. The van der Waals surface area contributed by atoms with Gasteiger partial charge in [-0.1, -0.05) is 42.5 Å². The van der Waals surface area contributed by atoms with Crippen molar-refractivity contribution in [3.63, 3.8) is 0 Å². The molecule has 2 heterocycles. The summed E-state index contributed by atoms with van der Waals surface area (Å²) < 4.78 is 4.92. The Hall–Kier alpha value is -3.04. The summed E-state index contributed by atoms with van der Waals surface area (Å²) in [4.78, 5) is 39.9. The molecule has 32 heavy (non-hydrogen) atoms. The molecule has 2 unspecified atom stereocenters. The molecule has 4 N–H and O–H groups in total. The number of hydrogen-bond acceptors (Lipinski definition) is 7. The first-order valence-electron chi connectivity index (χ1n) is 10.2. The lowest BCUT2D eigenvalue weighted by molar-refractivity contribution is -0.165. The van der Waals surface area contributed by atoms with Gasteiger partial charge in [-0.15, -0.1) is 11.8 Å². The lowest BCUT2D eigenvalue weighted by atomic mass is 9.95. The number of β-lactam (4-membered cyclic amide) rings is 1. The number of carbonyl (C=O) groups is 3. The third kappa shape index (κ3) is 4.05. The normalized spacial score (nSPS) is 24.3. The van der Waals surface area contributed by atoms with E-state index in [0.717, 1.165) is 5.56 Å². The van der Waals surface area contributed by atoms with E-state index in [9.17, 15) is 19.5 Å². The highest BCUT2D eigenvalue weighted by atomic mass is 32.2. The Kier molecular flexibility index (Phi) is 5.87. The van der Waals surface area contributed by atoms with Crippen molar-refractivity contribution in [2.45, 2.75) is 48.7 Å². The van der Waals surface area contributed by atoms with Crippen molar-refractivity contribution in [2.75, 3.05) is 0 Å². The number of esters is 1. The Morgan fingerprint density at radius 1 is 1.19 bits per heavy atom. The number of aromatic hydroxyl groups is 1. The standard InChI is InChI=1S/C23H25N3O5S/c1-23(2)18(22(30)31-12-13-6-4-3-5-7-13)26-20(29)17(21(26)32-23)25-19(28)16(24)14-8-10-15(27)11-9-14/h3-11,16-18,21,27H,12,24H2,1-2H3,(H,25,28)/t16?,17?,18-,21+/m0/s1. The van der Waals surface area contributed by atoms with Crippen molar-refractivity contribution in [3.05, 3.63) is 65.7 Å². The maximum atomic E-state index is 12.9. The molecule has 2 aliphatic rings. The van der Waals surface area contributed by atoms with Crippen LogP contribution in [0, 0.1) is 0 Å². The second-order valence-corrected chi connectivity index (χ2v) is 10.2. The fraction of sp³-hybridized carbons (Fsp3) is 0.348. The van der Waals surface area contributed by atoms with Gasteiger partial charge in [0.05, 0.1) is 0 Å². The first kappa shape index (κ1) is 22.2. The summed E-state index contributed by atoms with van der Waals surface area (Å²) in [6.07, 6.45) is 0. The number of fused-ring (bicyclic) bond motifs is 1. The van der Waals surface area contributed by atoms with Crippen LogP contribution >= 0.6 is 11.8 Å². The van der Waals surface area contributed by atoms with Crippen molar-refractivity contribution >= 4 is 29.5 Å². The van der Waals surface area contributed by atoms with Gasteiger partial charge in [-0.3, -0.25) is 9.59 Å². The zero-order valence-electron chi connectivity index (χ0n) is 17.7. The number of phenolic OH excluding ortho intramolecular Hbond substituents is 1. The number of amides is 2. The molecule has 0 spiro atoms. The molecule has 2 fully saturated rings. The van der Waals surface area contributed by atoms with E-state index in [1.165, 1.54) is 28.8 Å². The smallest absolute Gasteiger partial charge is 0.330 e. The fourth-order valence-electron chi connectivity index (χ4n) is 4.01. The number of thioether (sulfide) groups is 1. The van der Waals surface area contributed by atoms with E-state index < -0.39 is 34.7 Å². The van der Waals surface area contributed by atoms with Crippen molar-refractivity contribution in [1.82, 2.24) is 10.2 Å². The van der Waals surface area contributed by atoms with Crippen LogP contribution in [-0.2, 0) is 25.7 Å². The Balaban J connectivity index is 1.41. The molecule has 2 aliphatic heterocycles. The van der Waals surface area contributed by atoms with Gasteiger partial charge in [-0.25, -0.2) is 4.79 Å². The summed E-state index contributed by atoms with van der Waals surface area (Å²) in [6, 6.07) is 12.9. The van der Waals surface area contributed by atoms with E-state index in [1.807, 2.05) is 44.2 Å². The molecule has 0 bridgehead atoms. The summed E-state index contributed by atoms with van der Waals surface area (Å²) in [6.45, 7) is 3.91. The van der Waals surface area contributed by atoms with Crippen LogP contribution < -0.4 is 11.1 Å². The quantitative estimate of drug-likeness (QED) is 0.447. The van der Waals surface area contributed by atoms with Crippen LogP contribution in [-0.4, -0.2) is 50.0 Å². The number of nitrogens with two attached hydrogens (primary N) is 1. The minimum atomic E-state index is -0.983.